The molecule has 0 bridgehead atoms. The summed E-state index contributed by atoms with van der Waals surface area (Å²) in [5.74, 6) is 0. The molecule has 0 aliphatic carbocycles. The van der Waals surface area contributed by atoms with E-state index in [9.17, 15) is 4.21 Å². The van der Waals surface area contributed by atoms with Gasteiger partial charge in [-0.05, 0) is 47.4 Å². The van der Waals surface area contributed by atoms with E-state index < -0.39 is 10.8 Å². The van der Waals surface area contributed by atoms with Gasteiger partial charge in [0.2, 0.25) is 0 Å². The fourth-order valence-corrected chi connectivity index (χ4v) is 3.53. The van der Waals surface area contributed by atoms with E-state index in [1.807, 2.05) is 18.2 Å². The number of nitrogens with one attached hydrogen (secondary N) is 1. The van der Waals surface area contributed by atoms with Gasteiger partial charge in [-0.1, -0.05) is 6.07 Å². The lowest BCUT2D eigenvalue weighted by Gasteiger charge is -2.21. The molecule has 0 spiro atoms. The zero-order chi connectivity index (χ0) is 10.7. The number of hydrogen-bond acceptors (Lipinski definition) is 3. The molecule has 0 radical (unpaired) electrons. The third kappa shape index (κ3) is 2.86. The van der Waals surface area contributed by atoms with Crippen molar-refractivity contribution in [2.45, 2.75) is 23.1 Å². The smallest absolute Gasteiger partial charge is 0.128 e. The highest BCUT2D eigenvalue weighted by molar-refractivity contribution is 9.10. The van der Waals surface area contributed by atoms with Crippen LogP contribution in [0.1, 0.15) is 12.8 Å². The molecule has 1 aliphatic heterocycles. The van der Waals surface area contributed by atoms with Crippen LogP contribution in [0.5, 0.6) is 0 Å². The topological polar surface area (TPSA) is 42.0 Å². The molecule has 2 rings (SSSR count). The summed E-state index contributed by atoms with van der Waals surface area (Å²) in [6.45, 7) is 1.88. The Bertz CT molecular complexity index is 366. The Morgan fingerprint density at radius 2 is 2.40 bits per heavy atom. The maximum Gasteiger partial charge on any atom is 0.128 e. The van der Waals surface area contributed by atoms with Gasteiger partial charge in [0.25, 0.3) is 0 Å². The zero-order valence-corrected chi connectivity index (χ0v) is 10.7. The summed E-state index contributed by atoms with van der Waals surface area (Å²) in [7, 11) is -0.984. The number of halogens is 1. The van der Waals surface area contributed by atoms with Gasteiger partial charge in [-0.2, -0.15) is 0 Å². The molecule has 15 heavy (non-hydrogen) atoms. The lowest BCUT2D eigenvalue weighted by atomic mass is 10.2. The van der Waals surface area contributed by atoms with Crippen molar-refractivity contribution >= 4 is 26.7 Å². The highest BCUT2D eigenvalue weighted by Crippen LogP contribution is 2.17. The van der Waals surface area contributed by atoms with Crippen LogP contribution in [0.25, 0.3) is 0 Å². The Labute approximate surface area is 100 Å². The molecular weight excluding hydrogens is 276 g/mol. The number of piperidine rings is 1. The van der Waals surface area contributed by atoms with Crippen molar-refractivity contribution in [3.63, 3.8) is 0 Å². The quantitative estimate of drug-likeness (QED) is 0.843. The van der Waals surface area contributed by atoms with Crippen molar-refractivity contribution in [1.29, 1.82) is 0 Å². The van der Waals surface area contributed by atoms with Gasteiger partial charge in [0.1, 0.15) is 9.63 Å². The van der Waals surface area contributed by atoms with Crippen LogP contribution in [-0.2, 0) is 10.8 Å². The lowest BCUT2D eigenvalue weighted by molar-refractivity contribution is 0.519. The molecule has 0 unspecified atom stereocenters. The van der Waals surface area contributed by atoms with Crippen LogP contribution in [0.15, 0.2) is 27.8 Å². The normalized spacial score (nSPS) is 23.7. The van der Waals surface area contributed by atoms with Crippen LogP contribution in [0.3, 0.4) is 0 Å². The molecule has 1 fully saturated rings. The summed E-state index contributed by atoms with van der Waals surface area (Å²) in [4.78, 5) is 4.24. The van der Waals surface area contributed by atoms with Gasteiger partial charge in [-0.25, -0.2) is 4.98 Å². The minimum atomic E-state index is -0.984. The fourth-order valence-electron chi connectivity index (χ4n) is 1.68. The molecule has 1 aromatic rings. The SMILES string of the molecule is O=[S@](c1cccc(Br)n1)[C@H]1CCCNC1. The number of aromatic nitrogens is 1. The van der Waals surface area contributed by atoms with E-state index in [4.69, 9.17) is 0 Å². The molecular formula is C10H13BrN2OS. The summed E-state index contributed by atoms with van der Waals surface area (Å²) in [6.07, 6.45) is 2.12. The van der Waals surface area contributed by atoms with Gasteiger partial charge in [-0.3, -0.25) is 4.21 Å². The first-order valence-corrected chi connectivity index (χ1v) is 7.02. The van der Waals surface area contributed by atoms with Crippen molar-refractivity contribution < 1.29 is 4.21 Å². The highest BCUT2D eigenvalue weighted by Gasteiger charge is 2.21. The second-order valence-corrected chi connectivity index (χ2v) is 6.06. The molecule has 0 saturated carbocycles. The second-order valence-electron chi connectivity index (χ2n) is 3.56. The van der Waals surface area contributed by atoms with Gasteiger partial charge in [0.05, 0.1) is 16.0 Å². The highest BCUT2D eigenvalue weighted by atomic mass is 79.9. The van der Waals surface area contributed by atoms with Crippen molar-refractivity contribution in [3.8, 4) is 0 Å². The molecule has 3 nitrogen and oxygen atoms in total. The molecule has 5 heteroatoms. The van der Waals surface area contributed by atoms with Crippen LogP contribution < -0.4 is 5.32 Å². The molecule has 2 atom stereocenters. The standard InChI is InChI=1S/C10H13BrN2OS/c11-9-4-1-5-10(13-9)15(14)8-3-2-6-12-7-8/h1,4-5,8,12H,2-3,6-7H2/t8-,15-/m0/s1. The average Bonchev–Trinajstić information content (AvgIpc) is 2.29. The van der Waals surface area contributed by atoms with Gasteiger partial charge < -0.3 is 5.32 Å². The fraction of sp³-hybridized carbons (Fsp3) is 0.500. The van der Waals surface area contributed by atoms with Crippen molar-refractivity contribution in [2.75, 3.05) is 13.1 Å². The van der Waals surface area contributed by atoms with E-state index in [1.165, 1.54) is 0 Å². The monoisotopic (exact) mass is 288 g/mol. The molecule has 1 saturated heterocycles. The molecule has 0 aromatic carbocycles. The predicted octanol–water partition coefficient (Wildman–Crippen LogP) is 1.70. The Morgan fingerprint density at radius 1 is 1.53 bits per heavy atom. The van der Waals surface area contributed by atoms with Crippen molar-refractivity contribution in [3.05, 3.63) is 22.8 Å². The summed E-state index contributed by atoms with van der Waals surface area (Å²) < 4.78 is 12.9. The maximum absolute atomic E-state index is 12.1. The van der Waals surface area contributed by atoms with E-state index >= 15 is 0 Å². The second kappa shape index (κ2) is 5.18. The average molecular weight is 289 g/mol. The number of rotatable bonds is 2. The Morgan fingerprint density at radius 3 is 3.07 bits per heavy atom. The minimum absolute atomic E-state index is 0.209. The Hall–Kier alpha value is -0.260. The van der Waals surface area contributed by atoms with E-state index in [1.54, 1.807) is 0 Å². The Kier molecular flexibility index (Phi) is 3.88. The van der Waals surface area contributed by atoms with Crippen molar-refractivity contribution in [1.82, 2.24) is 10.3 Å². The van der Waals surface area contributed by atoms with E-state index in [2.05, 4.69) is 26.2 Å². The third-order valence-corrected chi connectivity index (χ3v) is 4.54. The molecule has 82 valence electrons. The van der Waals surface area contributed by atoms with Gasteiger partial charge >= 0.3 is 0 Å². The molecule has 1 aliphatic rings. The largest absolute Gasteiger partial charge is 0.316 e. The number of nitrogens with zero attached hydrogens (tertiary/aromatic N) is 1. The summed E-state index contributed by atoms with van der Waals surface area (Å²) in [6, 6.07) is 5.55. The van der Waals surface area contributed by atoms with E-state index in [0.717, 1.165) is 30.5 Å². The summed E-state index contributed by atoms with van der Waals surface area (Å²) in [5, 5.41) is 4.16. The summed E-state index contributed by atoms with van der Waals surface area (Å²) in [5.41, 5.74) is 0. The maximum atomic E-state index is 12.1. The van der Waals surface area contributed by atoms with E-state index in [0.29, 0.717) is 5.03 Å². The first kappa shape index (κ1) is 11.2. The molecule has 1 N–H and O–H groups in total. The van der Waals surface area contributed by atoms with Crippen LogP contribution in [0, 0.1) is 0 Å². The van der Waals surface area contributed by atoms with Crippen LogP contribution in [0.4, 0.5) is 0 Å². The third-order valence-electron chi connectivity index (χ3n) is 2.45. The van der Waals surface area contributed by atoms with E-state index in [-0.39, 0.29) is 5.25 Å². The molecule has 0 amide bonds. The van der Waals surface area contributed by atoms with Crippen LogP contribution in [0.2, 0.25) is 0 Å². The van der Waals surface area contributed by atoms with Gasteiger partial charge in [0.15, 0.2) is 0 Å². The van der Waals surface area contributed by atoms with Crippen LogP contribution >= 0.6 is 15.9 Å². The molecule has 2 heterocycles. The number of hydrogen-bond donors (Lipinski definition) is 1. The first-order chi connectivity index (χ1) is 7.27. The van der Waals surface area contributed by atoms with Gasteiger partial charge in [-0.15, -0.1) is 0 Å². The first-order valence-electron chi connectivity index (χ1n) is 5.01. The lowest BCUT2D eigenvalue weighted by Crippen LogP contribution is -2.36. The minimum Gasteiger partial charge on any atom is -0.316 e. The zero-order valence-electron chi connectivity index (χ0n) is 8.28. The van der Waals surface area contributed by atoms with Gasteiger partial charge in [0, 0.05) is 6.54 Å². The summed E-state index contributed by atoms with van der Waals surface area (Å²) >= 11 is 3.29. The molecule has 1 aromatic heterocycles. The van der Waals surface area contributed by atoms with Crippen LogP contribution in [-0.4, -0.2) is 27.5 Å². The number of pyridine rings is 1. The predicted molar refractivity (Wildman–Crippen MR) is 64.2 cm³/mol. The van der Waals surface area contributed by atoms with Crippen molar-refractivity contribution in [2.24, 2.45) is 0 Å². The Balaban J connectivity index is 2.12.